The number of hydrogen-bond donors (Lipinski definition) is 1. The maximum absolute atomic E-state index is 10.5. The zero-order chi connectivity index (χ0) is 13.0. The van der Waals surface area contributed by atoms with Crippen LogP contribution in [-0.2, 0) is 4.74 Å². The molecular weight excluding hydrogens is 212 g/mol. The summed E-state index contributed by atoms with van der Waals surface area (Å²) in [5, 5.41) is 10.5. The third-order valence-corrected chi connectivity index (χ3v) is 4.05. The van der Waals surface area contributed by atoms with Crippen LogP contribution in [-0.4, -0.2) is 23.9 Å². The molecule has 2 nitrogen and oxygen atoms in total. The second-order valence-electron chi connectivity index (χ2n) is 6.33. The monoisotopic (exact) mass is 242 g/mol. The van der Waals surface area contributed by atoms with E-state index in [2.05, 4.69) is 27.7 Å². The van der Waals surface area contributed by atoms with Gasteiger partial charge in [0.25, 0.3) is 0 Å². The van der Waals surface area contributed by atoms with Gasteiger partial charge in [0.15, 0.2) is 0 Å². The second-order valence-corrected chi connectivity index (χ2v) is 6.33. The Kier molecular flexibility index (Phi) is 5.94. The molecule has 0 bridgehead atoms. The van der Waals surface area contributed by atoms with E-state index in [-0.39, 0.29) is 12.2 Å². The van der Waals surface area contributed by atoms with Gasteiger partial charge in [-0.2, -0.15) is 0 Å². The van der Waals surface area contributed by atoms with Crippen molar-refractivity contribution in [1.29, 1.82) is 0 Å². The largest absolute Gasteiger partial charge is 0.390 e. The van der Waals surface area contributed by atoms with Gasteiger partial charge < -0.3 is 9.84 Å². The Morgan fingerprint density at radius 2 is 1.65 bits per heavy atom. The van der Waals surface area contributed by atoms with Crippen LogP contribution in [0.5, 0.6) is 0 Å². The van der Waals surface area contributed by atoms with Gasteiger partial charge in [0.05, 0.1) is 12.2 Å². The van der Waals surface area contributed by atoms with Gasteiger partial charge in [-0.15, -0.1) is 0 Å². The quantitative estimate of drug-likeness (QED) is 0.800. The van der Waals surface area contributed by atoms with Crippen LogP contribution in [0.1, 0.15) is 53.9 Å². The summed E-state index contributed by atoms with van der Waals surface area (Å²) in [4.78, 5) is 0. The van der Waals surface area contributed by atoms with Crippen molar-refractivity contribution in [2.24, 2.45) is 23.7 Å². The average molecular weight is 242 g/mol. The number of hydrogen-bond acceptors (Lipinski definition) is 2. The van der Waals surface area contributed by atoms with Gasteiger partial charge in [-0.1, -0.05) is 27.7 Å². The molecule has 17 heavy (non-hydrogen) atoms. The summed E-state index contributed by atoms with van der Waals surface area (Å²) >= 11 is 0. The second kappa shape index (κ2) is 6.75. The Morgan fingerprint density at radius 3 is 2.06 bits per heavy atom. The minimum absolute atomic E-state index is 0.00231. The summed E-state index contributed by atoms with van der Waals surface area (Å²) in [6.45, 7) is 11.6. The van der Waals surface area contributed by atoms with Gasteiger partial charge in [-0.3, -0.25) is 0 Å². The van der Waals surface area contributed by atoms with Crippen LogP contribution < -0.4 is 0 Å². The first-order valence-electron chi connectivity index (χ1n) is 7.25. The van der Waals surface area contributed by atoms with E-state index in [4.69, 9.17) is 4.74 Å². The van der Waals surface area contributed by atoms with Crippen LogP contribution in [0, 0.1) is 23.7 Å². The average Bonchev–Trinajstić information content (AvgIpc) is 2.23. The Morgan fingerprint density at radius 1 is 1.12 bits per heavy atom. The molecule has 0 saturated heterocycles. The standard InChI is InChI=1S/C15H30O2/c1-6-17-15(10(2)3)14(16)13-8-11(4)7-12(5)9-13/h10-16H,6-9H2,1-5H3. The Balaban J connectivity index is 2.62. The number of aliphatic hydroxyl groups is 1. The van der Waals surface area contributed by atoms with E-state index >= 15 is 0 Å². The van der Waals surface area contributed by atoms with Gasteiger partial charge in [-0.05, 0) is 49.9 Å². The summed E-state index contributed by atoms with van der Waals surface area (Å²) < 4.78 is 5.74. The molecule has 0 amide bonds. The fourth-order valence-electron chi connectivity index (χ4n) is 3.43. The SMILES string of the molecule is CCOC(C(C)C)C(O)C1CC(C)CC(C)C1. The molecular formula is C15H30O2. The highest BCUT2D eigenvalue weighted by atomic mass is 16.5. The van der Waals surface area contributed by atoms with E-state index in [0.717, 1.165) is 24.7 Å². The lowest BCUT2D eigenvalue weighted by atomic mass is 9.72. The first-order valence-corrected chi connectivity index (χ1v) is 7.25. The van der Waals surface area contributed by atoms with Gasteiger partial charge in [-0.25, -0.2) is 0 Å². The summed E-state index contributed by atoms with van der Waals surface area (Å²) in [7, 11) is 0. The minimum atomic E-state index is -0.292. The first kappa shape index (κ1) is 15.0. The van der Waals surface area contributed by atoms with Crippen LogP contribution in [0.2, 0.25) is 0 Å². The van der Waals surface area contributed by atoms with Crippen molar-refractivity contribution in [3.8, 4) is 0 Å². The molecule has 0 aromatic carbocycles. The van der Waals surface area contributed by atoms with Crippen molar-refractivity contribution in [2.75, 3.05) is 6.61 Å². The van der Waals surface area contributed by atoms with Crippen molar-refractivity contribution in [1.82, 2.24) is 0 Å². The molecule has 4 atom stereocenters. The summed E-state index contributed by atoms with van der Waals surface area (Å²) in [6.07, 6.45) is 3.33. The molecule has 2 heteroatoms. The minimum Gasteiger partial charge on any atom is -0.390 e. The zero-order valence-electron chi connectivity index (χ0n) is 12.1. The van der Waals surface area contributed by atoms with Gasteiger partial charge in [0.1, 0.15) is 0 Å². The number of ether oxygens (including phenoxy) is 1. The topological polar surface area (TPSA) is 29.5 Å². The van der Waals surface area contributed by atoms with Crippen LogP contribution in [0.15, 0.2) is 0 Å². The Bertz CT molecular complexity index is 205. The normalized spacial score (nSPS) is 33.7. The van der Waals surface area contributed by atoms with Crippen molar-refractivity contribution < 1.29 is 9.84 Å². The number of rotatable bonds is 5. The number of aliphatic hydroxyl groups excluding tert-OH is 1. The molecule has 102 valence electrons. The van der Waals surface area contributed by atoms with E-state index in [1.165, 1.54) is 6.42 Å². The lowest BCUT2D eigenvalue weighted by Crippen LogP contribution is -2.41. The highest BCUT2D eigenvalue weighted by molar-refractivity contribution is 4.85. The van der Waals surface area contributed by atoms with Crippen molar-refractivity contribution >= 4 is 0 Å². The van der Waals surface area contributed by atoms with E-state index in [0.29, 0.717) is 18.4 Å². The smallest absolute Gasteiger partial charge is 0.0859 e. The van der Waals surface area contributed by atoms with E-state index < -0.39 is 0 Å². The summed E-state index contributed by atoms with van der Waals surface area (Å²) in [6, 6.07) is 0. The summed E-state index contributed by atoms with van der Waals surface area (Å²) in [5.74, 6) is 2.30. The van der Waals surface area contributed by atoms with E-state index in [9.17, 15) is 5.11 Å². The van der Waals surface area contributed by atoms with Crippen LogP contribution in [0.3, 0.4) is 0 Å². The Labute approximate surface area is 107 Å². The lowest BCUT2D eigenvalue weighted by molar-refractivity contribution is -0.0917. The van der Waals surface area contributed by atoms with E-state index in [1.807, 2.05) is 6.92 Å². The molecule has 4 unspecified atom stereocenters. The van der Waals surface area contributed by atoms with Crippen molar-refractivity contribution in [3.05, 3.63) is 0 Å². The predicted molar refractivity (Wildman–Crippen MR) is 71.9 cm³/mol. The molecule has 0 radical (unpaired) electrons. The fraction of sp³-hybridized carbons (Fsp3) is 1.00. The maximum Gasteiger partial charge on any atom is 0.0859 e. The Hall–Kier alpha value is -0.0800. The molecule has 1 rings (SSSR count). The third-order valence-electron chi connectivity index (χ3n) is 4.05. The van der Waals surface area contributed by atoms with Crippen molar-refractivity contribution in [2.45, 2.75) is 66.1 Å². The van der Waals surface area contributed by atoms with Crippen LogP contribution in [0.25, 0.3) is 0 Å². The molecule has 1 N–H and O–H groups in total. The third kappa shape index (κ3) is 4.26. The molecule has 0 heterocycles. The highest BCUT2D eigenvalue weighted by Crippen LogP contribution is 2.36. The zero-order valence-corrected chi connectivity index (χ0v) is 12.1. The van der Waals surface area contributed by atoms with E-state index in [1.54, 1.807) is 0 Å². The predicted octanol–water partition coefficient (Wildman–Crippen LogP) is 3.48. The fourth-order valence-corrected chi connectivity index (χ4v) is 3.43. The molecule has 0 spiro atoms. The lowest BCUT2D eigenvalue weighted by Gasteiger charge is -2.38. The molecule has 0 aromatic heterocycles. The van der Waals surface area contributed by atoms with Gasteiger partial charge in [0.2, 0.25) is 0 Å². The van der Waals surface area contributed by atoms with Gasteiger partial charge in [0, 0.05) is 6.61 Å². The molecule has 1 aliphatic rings. The first-order chi connectivity index (χ1) is 7.95. The molecule has 1 fully saturated rings. The molecule has 0 aliphatic heterocycles. The van der Waals surface area contributed by atoms with Crippen LogP contribution >= 0.6 is 0 Å². The molecule has 1 saturated carbocycles. The molecule has 0 aromatic rings. The highest BCUT2D eigenvalue weighted by Gasteiger charge is 2.34. The maximum atomic E-state index is 10.5. The van der Waals surface area contributed by atoms with Gasteiger partial charge >= 0.3 is 0 Å². The molecule has 1 aliphatic carbocycles. The van der Waals surface area contributed by atoms with Crippen molar-refractivity contribution in [3.63, 3.8) is 0 Å². The summed E-state index contributed by atoms with van der Waals surface area (Å²) in [5.41, 5.74) is 0. The van der Waals surface area contributed by atoms with Crippen LogP contribution in [0.4, 0.5) is 0 Å².